The molecular formula is C8H13N3O. The summed E-state index contributed by atoms with van der Waals surface area (Å²) in [4.78, 5) is 6.22. The molecule has 66 valence electrons. The van der Waals surface area contributed by atoms with E-state index >= 15 is 0 Å². The van der Waals surface area contributed by atoms with Gasteiger partial charge in [0.05, 0.1) is 18.1 Å². The van der Waals surface area contributed by atoms with Crippen LogP contribution in [0, 0.1) is 0 Å². The lowest BCUT2D eigenvalue weighted by Gasteiger charge is -2.35. The minimum Gasteiger partial charge on any atom is -0.390 e. The van der Waals surface area contributed by atoms with Crippen LogP contribution in [0.2, 0.25) is 0 Å². The first kappa shape index (κ1) is 7.76. The van der Waals surface area contributed by atoms with Gasteiger partial charge in [-0.25, -0.2) is 4.98 Å². The van der Waals surface area contributed by atoms with Gasteiger partial charge in [0.2, 0.25) is 0 Å². The highest BCUT2D eigenvalue weighted by molar-refractivity contribution is 4.99. The van der Waals surface area contributed by atoms with Gasteiger partial charge in [0.1, 0.15) is 0 Å². The molecule has 0 saturated carbocycles. The van der Waals surface area contributed by atoms with Gasteiger partial charge >= 0.3 is 0 Å². The highest BCUT2D eigenvalue weighted by Gasteiger charge is 2.24. The third-order valence-corrected chi connectivity index (χ3v) is 2.24. The standard InChI is InChI=1S/C8H13N3O/c1-10-6-9-2-7(10)3-11-4-8(12)5-11/h2,6,8,12H,3-5H2,1H3. The van der Waals surface area contributed by atoms with E-state index in [9.17, 15) is 0 Å². The fraction of sp³-hybridized carbons (Fsp3) is 0.625. The van der Waals surface area contributed by atoms with Gasteiger partial charge in [-0.2, -0.15) is 0 Å². The average molecular weight is 167 g/mol. The van der Waals surface area contributed by atoms with Gasteiger partial charge in [0.25, 0.3) is 0 Å². The van der Waals surface area contributed by atoms with Crippen molar-refractivity contribution in [2.75, 3.05) is 13.1 Å². The Hall–Kier alpha value is -0.870. The number of hydrogen-bond acceptors (Lipinski definition) is 3. The van der Waals surface area contributed by atoms with Crippen LogP contribution in [0.1, 0.15) is 5.69 Å². The molecule has 0 atom stereocenters. The Bertz CT molecular complexity index is 265. The van der Waals surface area contributed by atoms with E-state index in [1.165, 1.54) is 5.69 Å². The smallest absolute Gasteiger partial charge is 0.0945 e. The van der Waals surface area contributed by atoms with E-state index in [0.717, 1.165) is 19.6 Å². The molecule has 1 aliphatic heterocycles. The van der Waals surface area contributed by atoms with Crippen molar-refractivity contribution in [3.05, 3.63) is 18.2 Å². The number of aryl methyl sites for hydroxylation is 1. The molecule has 1 fully saturated rings. The molecule has 0 aromatic carbocycles. The summed E-state index contributed by atoms with van der Waals surface area (Å²) in [6.07, 6.45) is 3.55. The van der Waals surface area contributed by atoms with E-state index < -0.39 is 0 Å². The summed E-state index contributed by atoms with van der Waals surface area (Å²) in [6, 6.07) is 0. The number of aliphatic hydroxyl groups excluding tert-OH is 1. The second kappa shape index (κ2) is 2.88. The summed E-state index contributed by atoms with van der Waals surface area (Å²) < 4.78 is 2.00. The van der Waals surface area contributed by atoms with Gasteiger partial charge in [-0.15, -0.1) is 0 Å². The van der Waals surface area contributed by atoms with Crippen LogP contribution in [-0.4, -0.2) is 38.8 Å². The third kappa shape index (κ3) is 1.35. The predicted octanol–water partition coefficient (Wildman–Crippen LogP) is -0.403. The van der Waals surface area contributed by atoms with Crippen molar-refractivity contribution in [3.63, 3.8) is 0 Å². The quantitative estimate of drug-likeness (QED) is 0.651. The maximum absolute atomic E-state index is 9.05. The summed E-state index contributed by atoms with van der Waals surface area (Å²) in [6.45, 7) is 2.49. The average Bonchev–Trinajstić information content (AvgIpc) is 2.33. The number of aliphatic hydroxyl groups is 1. The van der Waals surface area contributed by atoms with Crippen molar-refractivity contribution in [3.8, 4) is 0 Å². The van der Waals surface area contributed by atoms with Crippen molar-refractivity contribution < 1.29 is 5.11 Å². The second-order valence-corrected chi connectivity index (χ2v) is 3.34. The molecule has 2 rings (SSSR count). The molecule has 0 amide bonds. The highest BCUT2D eigenvalue weighted by Crippen LogP contribution is 2.11. The predicted molar refractivity (Wildman–Crippen MR) is 44.5 cm³/mol. The molecule has 0 radical (unpaired) electrons. The number of rotatable bonds is 2. The monoisotopic (exact) mass is 167 g/mol. The van der Waals surface area contributed by atoms with Gasteiger partial charge < -0.3 is 9.67 Å². The summed E-state index contributed by atoms with van der Waals surface area (Å²) in [5, 5.41) is 9.05. The number of nitrogens with zero attached hydrogens (tertiary/aromatic N) is 3. The van der Waals surface area contributed by atoms with E-state index in [1.54, 1.807) is 6.33 Å². The van der Waals surface area contributed by atoms with Gasteiger partial charge in [0.15, 0.2) is 0 Å². The SMILES string of the molecule is Cn1cncc1CN1CC(O)C1. The van der Waals surface area contributed by atoms with E-state index in [1.807, 2.05) is 17.8 Å². The zero-order valence-corrected chi connectivity index (χ0v) is 7.14. The van der Waals surface area contributed by atoms with Crippen molar-refractivity contribution in [2.24, 2.45) is 7.05 Å². The van der Waals surface area contributed by atoms with E-state index in [4.69, 9.17) is 5.11 Å². The van der Waals surface area contributed by atoms with E-state index in [-0.39, 0.29) is 6.10 Å². The Labute approximate surface area is 71.4 Å². The molecule has 0 aliphatic carbocycles. The molecular weight excluding hydrogens is 154 g/mol. The van der Waals surface area contributed by atoms with Gasteiger partial charge in [-0.3, -0.25) is 4.90 Å². The van der Waals surface area contributed by atoms with Crippen LogP contribution in [0.25, 0.3) is 0 Å². The number of β-amino-alcohol motifs (C(OH)–C–C–N with tert-alkyl or cyclic N) is 1. The largest absolute Gasteiger partial charge is 0.390 e. The molecule has 0 spiro atoms. The summed E-state index contributed by atoms with van der Waals surface area (Å²) >= 11 is 0. The van der Waals surface area contributed by atoms with Crippen LogP contribution in [0.3, 0.4) is 0 Å². The fourth-order valence-corrected chi connectivity index (χ4v) is 1.44. The Morgan fingerprint density at radius 1 is 1.67 bits per heavy atom. The lowest BCUT2D eigenvalue weighted by atomic mass is 10.1. The first-order chi connectivity index (χ1) is 5.75. The van der Waals surface area contributed by atoms with Gasteiger partial charge in [-0.05, 0) is 0 Å². The third-order valence-electron chi connectivity index (χ3n) is 2.24. The van der Waals surface area contributed by atoms with Crippen molar-refractivity contribution in [1.29, 1.82) is 0 Å². The van der Waals surface area contributed by atoms with Crippen molar-refractivity contribution in [2.45, 2.75) is 12.6 Å². The first-order valence-corrected chi connectivity index (χ1v) is 4.11. The summed E-state index contributed by atoms with van der Waals surface area (Å²) in [7, 11) is 1.98. The molecule has 1 aliphatic rings. The van der Waals surface area contributed by atoms with Crippen molar-refractivity contribution >= 4 is 0 Å². The maximum atomic E-state index is 9.05. The van der Waals surface area contributed by atoms with Crippen LogP contribution in [0.5, 0.6) is 0 Å². The number of hydrogen-bond donors (Lipinski definition) is 1. The van der Waals surface area contributed by atoms with E-state index in [0.29, 0.717) is 0 Å². The molecule has 4 heteroatoms. The molecule has 0 unspecified atom stereocenters. The summed E-state index contributed by atoms with van der Waals surface area (Å²) in [5.41, 5.74) is 1.20. The lowest BCUT2D eigenvalue weighted by molar-refractivity contribution is -0.00398. The maximum Gasteiger partial charge on any atom is 0.0945 e. The fourth-order valence-electron chi connectivity index (χ4n) is 1.44. The van der Waals surface area contributed by atoms with Crippen LogP contribution in [0.15, 0.2) is 12.5 Å². The molecule has 1 aromatic heterocycles. The number of aromatic nitrogens is 2. The van der Waals surface area contributed by atoms with E-state index in [2.05, 4.69) is 9.88 Å². The minimum absolute atomic E-state index is 0.113. The Kier molecular flexibility index (Phi) is 1.86. The van der Waals surface area contributed by atoms with Crippen molar-refractivity contribution in [1.82, 2.24) is 14.5 Å². The van der Waals surface area contributed by atoms with Gasteiger partial charge in [-0.1, -0.05) is 0 Å². The van der Waals surface area contributed by atoms with Crippen LogP contribution >= 0.6 is 0 Å². The molecule has 1 saturated heterocycles. The van der Waals surface area contributed by atoms with Crippen LogP contribution in [0.4, 0.5) is 0 Å². The molecule has 1 N–H and O–H groups in total. The molecule has 4 nitrogen and oxygen atoms in total. The normalized spacial score (nSPS) is 19.5. The Balaban J connectivity index is 1.92. The first-order valence-electron chi connectivity index (χ1n) is 4.11. The summed E-state index contributed by atoms with van der Waals surface area (Å²) in [5.74, 6) is 0. The minimum atomic E-state index is -0.113. The van der Waals surface area contributed by atoms with Crippen LogP contribution < -0.4 is 0 Å². The zero-order chi connectivity index (χ0) is 8.55. The zero-order valence-electron chi connectivity index (χ0n) is 7.14. The molecule has 1 aromatic rings. The lowest BCUT2D eigenvalue weighted by Crippen LogP contribution is -2.50. The highest BCUT2D eigenvalue weighted by atomic mass is 16.3. The Morgan fingerprint density at radius 3 is 2.92 bits per heavy atom. The van der Waals surface area contributed by atoms with Crippen LogP contribution in [-0.2, 0) is 13.6 Å². The Morgan fingerprint density at radius 2 is 2.42 bits per heavy atom. The molecule has 12 heavy (non-hydrogen) atoms. The van der Waals surface area contributed by atoms with Gasteiger partial charge in [0, 0.05) is 32.9 Å². The second-order valence-electron chi connectivity index (χ2n) is 3.34. The molecule has 0 bridgehead atoms. The number of imidazole rings is 1. The molecule has 2 heterocycles. The number of likely N-dealkylation sites (tertiary alicyclic amines) is 1. The topological polar surface area (TPSA) is 41.3 Å².